The average Bonchev–Trinajstić information content (AvgIpc) is 3.26. The van der Waals surface area contributed by atoms with Gasteiger partial charge in [-0.25, -0.2) is 13.4 Å². The first kappa shape index (κ1) is 18.8. The Kier molecular flexibility index (Phi) is 5.28. The first-order valence-corrected chi connectivity index (χ1v) is 11.7. The Morgan fingerprint density at radius 3 is 2.39 bits per heavy atom. The number of nitrogens with zero attached hydrogens (tertiary/aromatic N) is 1. The second-order valence-electron chi connectivity index (χ2n) is 6.91. The van der Waals surface area contributed by atoms with Crippen LogP contribution in [-0.4, -0.2) is 30.8 Å². The Morgan fingerprint density at radius 1 is 1.07 bits per heavy atom. The lowest BCUT2D eigenvalue weighted by Crippen LogP contribution is -2.23. The number of thiazole rings is 1. The number of carbonyl (C=O) groups is 1. The number of carbonyl (C=O) groups excluding carboxylic acids is 1. The molecule has 28 heavy (non-hydrogen) atoms. The summed E-state index contributed by atoms with van der Waals surface area (Å²) in [5.41, 5.74) is 3.09. The summed E-state index contributed by atoms with van der Waals surface area (Å²) in [6.07, 6.45) is 1.04. The molecule has 1 fully saturated rings. The predicted molar refractivity (Wildman–Crippen MR) is 112 cm³/mol. The van der Waals surface area contributed by atoms with Crippen molar-refractivity contribution in [3.8, 4) is 10.4 Å². The number of anilines is 1. The molecule has 3 aromatic rings. The maximum Gasteiger partial charge on any atom is 0.230 e. The molecule has 1 unspecified atom stereocenters. The van der Waals surface area contributed by atoms with Gasteiger partial charge in [-0.1, -0.05) is 72.0 Å². The Hall–Kier alpha value is -2.51. The van der Waals surface area contributed by atoms with Crippen LogP contribution in [-0.2, 0) is 21.1 Å². The van der Waals surface area contributed by atoms with Crippen molar-refractivity contribution < 1.29 is 13.2 Å². The van der Waals surface area contributed by atoms with E-state index in [1.165, 1.54) is 11.3 Å². The second kappa shape index (κ2) is 7.85. The highest BCUT2D eigenvalue weighted by molar-refractivity contribution is 7.91. The third-order valence-electron chi connectivity index (χ3n) is 4.78. The van der Waals surface area contributed by atoms with Crippen LogP contribution in [0.4, 0.5) is 5.13 Å². The van der Waals surface area contributed by atoms with Crippen molar-refractivity contribution in [2.75, 3.05) is 16.8 Å². The second-order valence-corrected chi connectivity index (χ2v) is 10.1. The minimum absolute atomic E-state index is 0.0768. The van der Waals surface area contributed by atoms with E-state index < -0.39 is 15.8 Å². The molecule has 0 spiro atoms. The molecule has 1 atom stereocenters. The number of nitrogens with one attached hydrogen (secondary N) is 1. The first-order valence-electron chi connectivity index (χ1n) is 9.10. The summed E-state index contributed by atoms with van der Waals surface area (Å²) < 4.78 is 23.3. The molecule has 1 amide bonds. The fourth-order valence-electron chi connectivity index (χ4n) is 3.34. The molecule has 144 valence electrons. The van der Waals surface area contributed by atoms with Crippen LogP contribution in [0.15, 0.2) is 60.7 Å². The van der Waals surface area contributed by atoms with Crippen LogP contribution >= 0.6 is 11.3 Å². The van der Waals surface area contributed by atoms with Crippen LogP contribution in [0.2, 0.25) is 0 Å². The number of hydrogen-bond acceptors (Lipinski definition) is 5. The standard InChI is InChI=1S/C21H20N2O3S2/c24-20(17-11-12-28(25,26)14-17)23-21-22-18(13-15-7-3-1-4-8-15)19(27-21)16-9-5-2-6-10-16/h1-10,17H,11-14H2,(H,22,23,24). The number of rotatable bonds is 5. The molecule has 2 aromatic carbocycles. The van der Waals surface area contributed by atoms with Gasteiger partial charge in [0.2, 0.25) is 5.91 Å². The van der Waals surface area contributed by atoms with Gasteiger partial charge in [-0.15, -0.1) is 0 Å². The summed E-state index contributed by atoms with van der Waals surface area (Å²) in [6.45, 7) is 0. The number of aromatic nitrogens is 1. The Bertz CT molecular complexity index is 1080. The van der Waals surface area contributed by atoms with E-state index in [2.05, 4.69) is 22.4 Å². The molecule has 0 saturated carbocycles. The molecule has 1 aliphatic rings. The van der Waals surface area contributed by atoms with E-state index in [0.717, 1.165) is 21.7 Å². The zero-order valence-electron chi connectivity index (χ0n) is 15.2. The molecule has 2 heterocycles. The average molecular weight is 413 g/mol. The van der Waals surface area contributed by atoms with Gasteiger partial charge in [0.1, 0.15) is 0 Å². The topological polar surface area (TPSA) is 76.1 Å². The van der Waals surface area contributed by atoms with Crippen LogP contribution in [0.3, 0.4) is 0 Å². The maximum atomic E-state index is 12.5. The zero-order chi connectivity index (χ0) is 19.6. The van der Waals surface area contributed by atoms with Crippen molar-refractivity contribution in [2.45, 2.75) is 12.8 Å². The van der Waals surface area contributed by atoms with Crippen LogP contribution in [0.1, 0.15) is 17.7 Å². The smallest absolute Gasteiger partial charge is 0.230 e. The van der Waals surface area contributed by atoms with Crippen LogP contribution in [0, 0.1) is 5.92 Å². The van der Waals surface area contributed by atoms with Gasteiger partial charge < -0.3 is 5.32 Å². The molecule has 7 heteroatoms. The number of sulfone groups is 1. The lowest BCUT2D eigenvalue weighted by atomic mass is 10.1. The van der Waals surface area contributed by atoms with E-state index >= 15 is 0 Å². The van der Waals surface area contributed by atoms with Crippen LogP contribution < -0.4 is 5.32 Å². The highest BCUT2D eigenvalue weighted by Gasteiger charge is 2.33. The molecule has 0 bridgehead atoms. The highest BCUT2D eigenvalue weighted by atomic mass is 32.2. The van der Waals surface area contributed by atoms with Gasteiger partial charge in [0.15, 0.2) is 15.0 Å². The van der Waals surface area contributed by atoms with Gasteiger partial charge >= 0.3 is 0 Å². The van der Waals surface area contributed by atoms with E-state index in [9.17, 15) is 13.2 Å². The Morgan fingerprint density at radius 2 is 1.75 bits per heavy atom. The van der Waals surface area contributed by atoms with Crippen molar-refractivity contribution in [2.24, 2.45) is 5.92 Å². The minimum atomic E-state index is -3.10. The summed E-state index contributed by atoms with van der Waals surface area (Å²) in [6, 6.07) is 20.0. The maximum absolute atomic E-state index is 12.5. The quantitative estimate of drug-likeness (QED) is 0.692. The van der Waals surface area contributed by atoms with Crippen LogP contribution in [0.5, 0.6) is 0 Å². The first-order chi connectivity index (χ1) is 13.5. The van der Waals surface area contributed by atoms with Gasteiger partial charge in [-0.3, -0.25) is 4.79 Å². The minimum Gasteiger partial charge on any atom is -0.302 e. The lowest BCUT2D eigenvalue weighted by molar-refractivity contribution is -0.119. The number of benzene rings is 2. The van der Waals surface area contributed by atoms with Gasteiger partial charge in [-0.2, -0.15) is 0 Å². The highest BCUT2D eigenvalue weighted by Crippen LogP contribution is 2.35. The predicted octanol–water partition coefficient (Wildman–Crippen LogP) is 3.77. The summed E-state index contributed by atoms with van der Waals surface area (Å²) in [5, 5.41) is 3.36. The van der Waals surface area contributed by atoms with Gasteiger partial charge in [-0.05, 0) is 17.5 Å². The lowest BCUT2D eigenvalue weighted by Gasteiger charge is -2.06. The van der Waals surface area contributed by atoms with E-state index in [-0.39, 0.29) is 17.4 Å². The van der Waals surface area contributed by atoms with Crippen LogP contribution in [0.25, 0.3) is 10.4 Å². The Balaban J connectivity index is 1.61. The van der Waals surface area contributed by atoms with Crippen molar-refractivity contribution in [3.05, 3.63) is 71.9 Å². The van der Waals surface area contributed by atoms with E-state index in [1.54, 1.807) is 0 Å². The van der Waals surface area contributed by atoms with Crippen molar-refractivity contribution in [3.63, 3.8) is 0 Å². The molecule has 1 N–H and O–H groups in total. The zero-order valence-corrected chi connectivity index (χ0v) is 16.8. The fraction of sp³-hybridized carbons (Fsp3) is 0.238. The Labute approximate surface area is 168 Å². The van der Waals surface area contributed by atoms with Crippen molar-refractivity contribution in [1.29, 1.82) is 0 Å². The largest absolute Gasteiger partial charge is 0.302 e. The molecule has 1 saturated heterocycles. The van der Waals surface area contributed by atoms with Crippen molar-refractivity contribution in [1.82, 2.24) is 4.98 Å². The fourth-order valence-corrected chi connectivity index (χ4v) is 6.07. The number of amides is 1. The summed E-state index contributed by atoms with van der Waals surface area (Å²) in [4.78, 5) is 18.2. The molecule has 5 nitrogen and oxygen atoms in total. The van der Waals surface area contributed by atoms with E-state index in [1.807, 2.05) is 48.5 Å². The summed E-state index contributed by atoms with van der Waals surface area (Å²) in [7, 11) is -3.10. The molecular weight excluding hydrogens is 392 g/mol. The SMILES string of the molecule is O=C(Nc1nc(Cc2ccccc2)c(-c2ccccc2)s1)C1CCS(=O)(=O)C1. The van der Waals surface area contributed by atoms with Gasteiger partial charge in [0.25, 0.3) is 0 Å². The van der Waals surface area contributed by atoms with E-state index in [0.29, 0.717) is 18.0 Å². The van der Waals surface area contributed by atoms with E-state index in [4.69, 9.17) is 0 Å². The van der Waals surface area contributed by atoms with Gasteiger partial charge in [0, 0.05) is 6.42 Å². The van der Waals surface area contributed by atoms with Crippen molar-refractivity contribution >= 4 is 32.2 Å². The molecule has 0 radical (unpaired) electrons. The molecule has 1 aliphatic heterocycles. The summed E-state index contributed by atoms with van der Waals surface area (Å²) in [5.74, 6) is -0.753. The monoisotopic (exact) mass is 412 g/mol. The third kappa shape index (κ3) is 4.31. The van der Waals surface area contributed by atoms with Gasteiger partial charge in [0.05, 0.1) is 28.0 Å². The molecule has 4 rings (SSSR count). The molecule has 0 aliphatic carbocycles. The molecule has 1 aromatic heterocycles. The summed E-state index contributed by atoms with van der Waals surface area (Å²) >= 11 is 1.43. The third-order valence-corrected chi connectivity index (χ3v) is 7.61. The number of hydrogen-bond donors (Lipinski definition) is 1. The normalized spacial score (nSPS) is 18.1. The molecular formula is C21H20N2O3S2.